The van der Waals surface area contributed by atoms with Gasteiger partial charge in [0, 0.05) is 188 Å². The number of piperazine rings is 3. The van der Waals surface area contributed by atoms with Crippen LogP contribution in [0.3, 0.4) is 0 Å². The molecule has 5 aliphatic rings. The lowest BCUT2D eigenvalue weighted by molar-refractivity contribution is -0.141. The van der Waals surface area contributed by atoms with Crippen LogP contribution < -0.4 is 40.9 Å². The molecule has 7 amide bonds. The lowest BCUT2D eigenvalue weighted by Crippen LogP contribution is -2.61. The molecular weight excluding hydrogens is 2000 g/mol. The van der Waals surface area contributed by atoms with Gasteiger partial charge in [0.05, 0.1) is 50.0 Å². The highest BCUT2D eigenvalue weighted by molar-refractivity contribution is 8.18. The van der Waals surface area contributed by atoms with Gasteiger partial charge in [-0.25, -0.2) is 64.2 Å². The van der Waals surface area contributed by atoms with Gasteiger partial charge in [-0.3, -0.25) is 33.6 Å². The fourth-order valence-corrected chi connectivity index (χ4v) is 20.0. The summed E-state index contributed by atoms with van der Waals surface area (Å²) in [6, 6.07) is 7.28. The summed E-state index contributed by atoms with van der Waals surface area (Å²) in [5.41, 5.74) is 5.46. The molecule has 34 nitrogen and oxygen atoms in total. The Morgan fingerprint density at radius 1 is 0.468 bits per heavy atom. The van der Waals surface area contributed by atoms with E-state index in [0.29, 0.717) is 128 Å². The topological polar surface area (TPSA) is 408 Å². The van der Waals surface area contributed by atoms with Crippen molar-refractivity contribution in [2.75, 3.05) is 123 Å². The van der Waals surface area contributed by atoms with Gasteiger partial charge in [-0.15, -0.1) is 23.5 Å². The van der Waals surface area contributed by atoms with Gasteiger partial charge in [0.1, 0.15) is 90.4 Å². The van der Waals surface area contributed by atoms with Crippen molar-refractivity contribution in [1.82, 2.24) is 116 Å². The zero-order valence-electron chi connectivity index (χ0n) is 74.7. The second kappa shape index (κ2) is 44.0. The van der Waals surface area contributed by atoms with Crippen molar-refractivity contribution in [3.63, 3.8) is 0 Å². The van der Waals surface area contributed by atoms with Crippen LogP contribution in [0.5, 0.6) is 0 Å². The molecule has 0 aromatic carbocycles. The number of H-pyrrole nitrogens is 4. The van der Waals surface area contributed by atoms with Gasteiger partial charge in [-0.2, -0.15) is 52.7 Å². The number of aromatic nitrogens is 16. The maximum absolute atomic E-state index is 15.1. The molecule has 17 rings (SSSR count). The average molecular weight is 2100 g/mol. The Morgan fingerprint density at radius 3 is 1.14 bits per heavy atom. The third-order valence-electron chi connectivity index (χ3n) is 22.4. The number of anilines is 4. The number of carbonyl (C=O) groups is 7. The van der Waals surface area contributed by atoms with E-state index in [4.69, 9.17) is 46.4 Å². The average Bonchev–Trinajstić information content (AvgIpc) is 1.78. The van der Waals surface area contributed by atoms with Crippen molar-refractivity contribution < 1.29 is 102 Å². The lowest BCUT2D eigenvalue weighted by atomic mass is 10.1. The predicted octanol–water partition coefficient (Wildman–Crippen LogP) is 15.9. The Bertz CT molecular complexity index is 6710. The van der Waals surface area contributed by atoms with Gasteiger partial charge in [0.25, 0.3) is 0 Å². The Kier molecular flexibility index (Phi) is 32.4. The molecule has 12 aromatic rings. The summed E-state index contributed by atoms with van der Waals surface area (Å²) in [6.45, 7) is 6.23. The molecule has 17 heterocycles. The Labute approximate surface area is 833 Å². The Morgan fingerprint density at radius 2 is 0.801 bits per heavy atom. The molecule has 0 saturated carbocycles. The number of nitrogens with one attached hydrogen (secondary N) is 8. The molecule has 5 saturated heterocycles. The number of aromatic amines is 4. The van der Waals surface area contributed by atoms with E-state index in [-0.39, 0.29) is 113 Å². The van der Waals surface area contributed by atoms with Crippen LogP contribution >= 0.6 is 69.9 Å². The molecule has 0 aliphatic carbocycles. The van der Waals surface area contributed by atoms with Crippen LogP contribution in [0.4, 0.5) is 80.3 Å². The van der Waals surface area contributed by atoms with Gasteiger partial charge in [0.2, 0.25) is 41.4 Å². The number of halogens is 17. The van der Waals surface area contributed by atoms with Crippen LogP contribution in [0, 0.1) is 11.7 Å². The number of hydrogen-bond donors (Lipinski definition) is 8. The SMILES string of the molecule is C=CC(=O)N1CCN(c2ccnc(-c3c[nH]c4ncc(Cl)cc34)n2)[C@@H](C(=O)NCC(F)(F)F)C1.CC(C)=CC(=O)N1CCN(c2ccnc(-c3c[nH]c4ncc(Cl)cc34)n2)[C@@H](C(=O)NCC(F)(F)F)C1.CC(C)CC(=O)N1CCN(c2ccnc(-c3c[nH]c4ncc(Cl)cc34)n2)[C@@H](C(=O)NCC(F)(F)F)C1.O=C(NCC(F)(F)F)[C@H]1CC2(CN1c1nc(-c3c[nH]c4ncc(Cl)cc34)ncc1F)SCCCS2.[HH].[HH].[HH].[HH].[HH].[HH].[HH].[HH]. The summed E-state index contributed by atoms with van der Waals surface area (Å²) in [7, 11) is 0. The summed E-state index contributed by atoms with van der Waals surface area (Å²) >= 11 is 27.6. The van der Waals surface area contributed by atoms with Crippen LogP contribution in [0.15, 0.2) is 141 Å². The number of hydrogen-bond acceptors (Lipinski definition) is 25. The smallest absolute Gasteiger partial charge is 0.345 e. The monoisotopic (exact) mass is 2100 g/mol. The summed E-state index contributed by atoms with van der Waals surface area (Å²) < 4.78 is 168. The van der Waals surface area contributed by atoms with Crippen LogP contribution in [-0.4, -0.2) is 292 Å². The highest BCUT2D eigenvalue weighted by Gasteiger charge is 2.51. The number of amides is 7. The number of allylic oxidation sites excluding steroid dienone is 1. The van der Waals surface area contributed by atoms with Gasteiger partial charge in [0.15, 0.2) is 34.9 Å². The van der Waals surface area contributed by atoms with Crippen molar-refractivity contribution in [1.29, 1.82) is 0 Å². The van der Waals surface area contributed by atoms with Crippen LogP contribution in [0.2, 0.25) is 20.1 Å². The summed E-state index contributed by atoms with van der Waals surface area (Å²) in [5.74, 6) is -1.16. The number of thioether (sulfide) groups is 2. The maximum Gasteiger partial charge on any atom is 0.405 e. The molecule has 53 heteroatoms. The van der Waals surface area contributed by atoms with Crippen LogP contribution in [-0.2, 0) is 33.6 Å². The van der Waals surface area contributed by atoms with Crippen molar-refractivity contribution >= 4 is 179 Å². The zero-order valence-corrected chi connectivity index (χ0v) is 79.4. The molecule has 12 aromatic heterocycles. The number of pyridine rings is 4. The minimum atomic E-state index is -4.57. The fraction of sp³-hybridized carbons (Fsp3) is 0.375. The minimum absolute atomic E-state index is 0. The van der Waals surface area contributed by atoms with Gasteiger partial charge in [-0.1, -0.05) is 72.4 Å². The van der Waals surface area contributed by atoms with E-state index in [2.05, 4.69) is 86.3 Å². The first-order valence-electron chi connectivity index (χ1n) is 43.2. The van der Waals surface area contributed by atoms with Gasteiger partial charge < -0.3 is 75.5 Å². The molecule has 4 atom stereocenters. The molecule has 0 bridgehead atoms. The molecule has 5 aliphatic heterocycles. The van der Waals surface area contributed by atoms with Crippen LogP contribution in [0.1, 0.15) is 58.4 Å². The number of nitrogens with zero attached hydrogens (tertiary/aromatic N) is 19. The van der Waals surface area contributed by atoms with E-state index in [1.807, 2.05) is 35.1 Å². The number of alkyl halides is 12. The normalized spacial score (nSPS) is 17.3. The molecular formula is C88H102Cl4F13N27O7S2. The summed E-state index contributed by atoms with van der Waals surface area (Å²) in [5, 5.41) is 12.1. The highest BCUT2D eigenvalue weighted by atomic mass is 35.5. The molecule has 762 valence electrons. The van der Waals surface area contributed by atoms with Gasteiger partial charge >= 0.3 is 24.7 Å². The number of rotatable bonds is 20. The van der Waals surface area contributed by atoms with E-state index in [9.17, 15) is 86.2 Å². The molecule has 1 spiro atoms. The lowest BCUT2D eigenvalue weighted by Gasteiger charge is -2.41. The first-order valence-corrected chi connectivity index (χ1v) is 46.7. The maximum atomic E-state index is 15.1. The second-order valence-electron chi connectivity index (χ2n) is 33.3. The largest absolute Gasteiger partial charge is 0.405 e. The third-order valence-corrected chi connectivity index (χ3v) is 26.6. The first kappa shape index (κ1) is 104. The van der Waals surface area contributed by atoms with Crippen molar-refractivity contribution in [3.8, 4) is 45.6 Å². The van der Waals surface area contributed by atoms with Crippen LogP contribution in [0.25, 0.3) is 89.7 Å². The molecule has 8 N–H and O–H groups in total. The van der Waals surface area contributed by atoms with Crippen molar-refractivity contribution in [2.24, 2.45) is 5.92 Å². The second-order valence-corrected chi connectivity index (χ2v) is 38.3. The Balaban J connectivity index is 0.000000298. The molecule has 5 fully saturated rings. The van der Waals surface area contributed by atoms with E-state index >= 15 is 4.39 Å². The summed E-state index contributed by atoms with van der Waals surface area (Å²) in [4.78, 5) is 163. The quantitative estimate of drug-likeness (QED) is 0.0259. The molecule has 0 radical (unpaired) electrons. The molecule has 0 unspecified atom stereocenters. The first-order chi connectivity index (χ1) is 66.8. The number of carbonyl (C=O) groups excluding carboxylic acids is 7. The number of fused-ring (bicyclic) bond motifs is 4. The standard InChI is InChI=1S/C23H25ClF3N7O2.C23H23ClF3N7O2.C21H19ClF4N6OS2.C21H19ClF3N7O2.8H2/c2*1-13(2)7-19(35)33-5-6-34(17(11-33)22(36)31-12-23(25,26)27)18-3-4-28-21(32-18)16-10-30-20-15(16)8-14(24)9-29-20;22-11-4-12-13(7-28-16(12)27-6-11)17-29-8-14(23)18(31-17)32-10-20(34-2-1-3-35-20)5-15(32)19(33)30-9-21(24,25)26;1-2-17(33)31-5-6-32(15(10-31)20(34)29-11-21(23,24)25)16-3-4-26-19(30-16)14-9-28-18-13(14)7-12(22)8-27-18;;;;;;;;/h3-4,8-10,13,17H,5-7,11-12H2,1-2H3,(H,29,30)(H,31,36);3-4,7-10,17H,5-6,11-12H2,1-2H3,(H,29,30)(H,31,36);4,6-8,15H,1-3,5,9-10H2,(H,27,28)(H,30,33);2-4,7-9,15H,1,5-6,10-11H2,(H,27,28)(H,29,34);8*1H/t2*17-;2*15-;;;;;;;;/m1111......../s1. The third kappa shape index (κ3) is 26.2. The Hall–Kier alpha value is -13.0. The van der Waals surface area contributed by atoms with E-state index in [0.717, 1.165) is 35.8 Å². The van der Waals surface area contributed by atoms with Crippen molar-refractivity contribution in [2.45, 2.75) is 99.9 Å². The van der Waals surface area contributed by atoms with E-state index in [1.54, 1.807) is 119 Å². The van der Waals surface area contributed by atoms with Gasteiger partial charge in [-0.05, 0) is 86.2 Å². The highest BCUT2D eigenvalue weighted by Crippen LogP contribution is 2.52. The summed E-state index contributed by atoms with van der Waals surface area (Å²) in [6.07, 6.45) is 3.96. The van der Waals surface area contributed by atoms with E-state index in [1.165, 1.54) is 69.1 Å². The fourth-order valence-electron chi connectivity index (χ4n) is 16.0. The van der Waals surface area contributed by atoms with Crippen molar-refractivity contribution in [3.05, 3.63) is 167 Å². The van der Waals surface area contributed by atoms with E-state index < -0.39 is 114 Å². The zero-order chi connectivity index (χ0) is 101. The molecule has 141 heavy (non-hydrogen) atoms. The minimum Gasteiger partial charge on any atom is -0.345 e. The predicted molar refractivity (Wildman–Crippen MR) is 522 cm³/mol.